The lowest BCUT2D eigenvalue weighted by atomic mass is 9.93. The monoisotopic (exact) mass is 589 g/mol. The van der Waals surface area contributed by atoms with E-state index in [0.717, 1.165) is 24.5 Å². The summed E-state index contributed by atoms with van der Waals surface area (Å²) in [5.74, 6) is 0.155. The number of carbonyl (C=O) groups is 1. The number of aryl methyl sites for hydroxylation is 1. The second kappa shape index (κ2) is 11.2. The van der Waals surface area contributed by atoms with Crippen molar-refractivity contribution in [1.82, 2.24) is 0 Å². The predicted molar refractivity (Wildman–Crippen MR) is 146 cm³/mol. The average molecular weight is 590 g/mol. The third-order valence-corrected chi connectivity index (χ3v) is 7.64. The van der Waals surface area contributed by atoms with Crippen LogP contribution in [0.3, 0.4) is 0 Å². The number of hydrogen-bond acceptors (Lipinski definition) is 5. The molecule has 3 aromatic rings. The molecule has 1 atom stereocenters. The molecule has 0 amide bonds. The zero-order valence-electron chi connectivity index (χ0n) is 21.0. The molecule has 1 aliphatic heterocycles. The van der Waals surface area contributed by atoms with Crippen LogP contribution in [0, 0.1) is 11.3 Å². The molecule has 5 nitrogen and oxygen atoms in total. The number of aldehydes is 1. The number of ether oxygens (including phenoxy) is 2. The van der Waals surface area contributed by atoms with Crippen molar-refractivity contribution in [3.05, 3.63) is 104 Å². The Kier molecular flexibility index (Phi) is 7.84. The minimum absolute atomic E-state index is 0.0304. The molecule has 5 rings (SSSR count). The van der Waals surface area contributed by atoms with Gasteiger partial charge in [-0.15, -0.1) is 0 Å². The average Bonchev–Trinajstić information content (AvgIpc) is 3.77. The van der Waals surface area contributed by atoms with Crippen molar-refractivity contribution in [3.8, 4) is 11.5 Å². The molecule has 0 spiro atoms. The number of rotatable bonds is 8. The molecule has 10 heteroatoms. The third kappa shape index (κ3) is 5.83. The molecule has 0 aromatic heterocycles. The molecular weight excluding hydrogens is 566 g/mol. The second-order valence-corrected chi connectivity index (χ2v) is 10.6. The summed E-state index contributed by atoms with van der Waals surface area (Å²) >= 11 is 12.5. The quantitative estimate of drug-likeness (QED) is 0.157. The molecule has 0 radical (unpaired) electrons. The lowest BCUT2D eigenvalue weighted by molar-refractivity contribution is -0.139. The van der Waals surface area contributed by atoms with E-state index in [-0.39, 0.29) is 56.5 Å². The Morgan fingerprint density at radius 2 is 1.80 bits per heavy atom. The molecule has 1 heterocycles. The first-order chi connectivity index (χ1) is 19.1. The normalized spacial score (nSPS) is 17.4. The van der Waals surface area contributed by atoms with E-state index in [4.69, 9.17) is 38.1 Å². The van der Waals surface area contributed by atoms with Gasteiger partial charge in [-0.2, -0.15) is 13.2 Å². The summed E-state index contributed by atoms with van der Waals surface area (Å²) < 4.78 is 54.2. The van der Waals surface area contributed by atoms with E-state index in [1.807, 2.05) is 0 Å². The van der Waals surface area contributed by atoms with Gasteiger partial charge >= 0.3 is 6.18 Å². The first-order valence-electron chi connectivity index (χ1n) is 12.6. The Morgan fingerprint density at radius 1 is 1.07 bits per heavy atom. The Labute approximate surface area is 238 Å². The molecule has 1 aliphatic carbocycles. The highest BCUT2D eigenvalue weighted by atomic mass is 35.5. The summed E-state index contributed by atoms with van der Waals surface area (Å²) in [6, 6.07) is 13.2. The Balaban J connectivity index is 1.41. The molecule has 40 heavy (non-hydrogen) atoms. The Hall–Kier alpha value is -3.49. The van der Waals surface area contributed by atoms with Gasteiger partial charge in [0.1, 0.15) is 36.3 Å². The number of nitrogens with one attached hydrogen (secondary N) is 1. The van der Waals surface area contributed by atoms with Gasteiger partial charge in [0.2, 0.25) is 0 Å². The van der Waals surface area contributed by atoms with Crippen LogP contribution >= 0.6 is 23.2 Å². The van der Waals surface area contributed by atoms with Crippen LogP contribution in [-0.2, 0) is 12.6 Å². The fraction of sp³-hybridized carbons (Fsp3) is 0.267. The summed E-state index contributed by atoms with van der Waals surface area (Å²) in [6.07, 6.45) is -2.60. The number of allylic oxidation sites excluding steroid dienone is 1. The van der Waals surface area contributed by atoms with Gasteiger partial charge in [0.05, 0.1) is 26.9 Å². The van der Waals surface area contributed by atoms with Gasteiger partial charge in [0.15, 0.2) is 0 Å². The number of aliphatic hydroxyl groups is 1. The van der Waals surface area contributed by atoms with Crippen LogP contribution in [0.25, 0.3) is 0 Å². The van der Waals surface area contributed by atoms with E-state index in [0.29, 0.717) is 30.4 Å². The van der Waals surface area contributed by atoms with Gasteiger partial charge in [-0.3, -0.25) is 10.2 Å². The van der Waals surface area contributed by atoms with E-state index in [2.05, 4.69) is 0 Å². The van der Waals surface area contributed by atoms with Crippen molar-refractivity contribution >= 4 is 35.2 Å². The van der Waals surface area contributed by atoms with Gasteiger partial charge in [-0.1, -0.05) is 35.3 Å². The van der Waals surface area contributed by atoms with Gasteiger partial charge in [-0.25, -0.2) is 0 Å². The largest absolute Gasteiger partial charge is 0.512 e. The number of hydrogen-bond donors (Lipinski definition) is 2. The number of fused-ring (bicyclic) bond motifs is 1. The smallest absolute Gasteiger partial charge is 0.416 e. The van der Waals surface area contributed by atoms with Crippen molar-refractivity contribution in [2.24, 2.45) is 5.92 Å². The molecule has 1 saturated carbocycles. The summed E-state index contributed by atoms with van der Waals surface area (Å²) in [4.78, 5) is 11.1. The fourth-order valence-corrected chi connectivity index (χ4v) is 5.36. The molecule has 1 unspecified atom stereocenters. The number of alkyl halides is 3. The van der Waals surface area contributed by atoms with Crippen LogP contribution in [0.2, 0.25) is 10.0 Å². The van der Waals surface area contributed by atoms with Crippen LogP contribution in [0.15, 0.2) is 65.9 Å². The molecule has 0 bridgehead atoms. The fourth-order valence-electron chi connectivity index (χ4n) is 4.77. The van der Waals surface area contributed by atoms with Crippen molar-refractivity contribution in [2.75, 3.05) is 6.61 Å². The zero-order valence-corrected chi connectivity index (χ0v) is 22.5. The highest BCUT2D eigenvalue weighted by Crippen LogP contribution is 2.43. The maximum absolute atomic E-state index is 14.2. The van der Waals surface area contributed by atoms with Crippen LogP contribution in [0.1, 0.15) is 58.0 Å². The number of benzene rings is 3. The zero-order chi connectivity index (χ0) is 28.6. The van der Waals surface area contributed by atoms with E-state index in [1.54, 1.807) is 36.4 Å². The van der Waals surface area contributed by atoms with Crippen molar-refractivity contribution in [2.45, 2.75) is 38.0 Å². The van der Waals surface area contributed by atoms with Crippen LogP contribution < -0.4 is 9.47 Å². The van der Waals surface area contributed by atoms with Gasteiger partial charge in [-0.05, 0) is 73.7 Å². The maximum atomic E-state index is 14.2. The van der Waals surface area contributed by atoms with Crippen molar-refractivity contribution in [1.29, 1.82) is 5.41 Å². The predicted octanol–water partition coefficient (Wildman–Crippen LogP) is 8.56. The molecule has 3 aromatic carbocycles. The van der Waals surface area contributed by atoms with Crippen molar-refractivity contribution < 1.29 is 32.5 Å². The summed E-state index contributed by atoms with van der Waals surface area (Å²) in [5, 5.41) is 19.9. The maximum Gasteiger partial charge on any atom is 0.416 e. The van der Waals surface area contributed by atoms with E-state index in [9.17, 15) is 23.1 Å². The molecule has 1 fully saturated rings. The van der Waals surface area contributed by atoms with Crippen molar-refractivity contribution in [3.63, 3.8) is 0 Å². The summed E-state index contributed by atoms with van der Waals surface area (Å²) in [5.41, 5.74) is 0.477. The van der Waals surface area contributed by atoms with Crippen LogP contribution in [-0.4, -0.2) is 23.7 Å². The molecule has 208 valence electrons. The first kappa shape index (κ1) is 28.1. The number of carbonyl (C=O) groups excluding carboxylic acids is 1. The van der Waals surface area contributed by atoms with E-state index >= 15 is 0 Å². The Bertz CT molecular complexity index is 1500. The van der Waals surface area contributed by atoms with Gasteiger partial charge < -0.3 is 14.6 Å². The van der Waals surface area contributed by atoms with Crippen LogP contribution in [0.5, 0.6) is 11.5 Å². The topological polar surface area (TPSA) is 79.6 Å². The van der Waals surface area contributed by atoms with Crippen LogP contribution in [0.4, 0.5) is 13.2 Å². The highest BCUT2D eigenvalue weighted by Gasteiger charge is 2.38. The molecule has 2 N–H and O–H groups in total. The minimum Gasteiger partial charge on any atom is -0.512 e. The van der Waals surface area contributed by atoms with Gasteiger partial charge in [0.25, 0.3) is 0 Å². The lowest BCUT2D eigenvalue weighted by Crippen LogP contribution is -2.20. The minimum atomic E-state index is -4.69. The Morgan fingerprint density at radius 3 is 2.45 bits per heavy atom. The molecule has 2 aliphatic rings. The van der Waals surface area contributed by atoms with Gasteiger partial charge in [0, 0.05) is 22.6 Å². The highest BCUT2D eigenvalue weighted by molar-refractivity contribution is 6.41. The second-order valence-electron chi connectivity index (χ2n) is 9.78. The summed E-state index contributed by atoms with van der Waals surface area (Å²) in [6.45, 7) is -0.355. The summed E-state index contributed by atoms with van der Waals surface area (Å²) in [7, 11) is 0. The molecular formula is C30H24Cl2F3NO4. The van der Waals surface area contributed by atoms with E-state index in [1.165, 1.54) is 12.1 Å². The SMILES string of the molecule is N=C(/C(COc1ccc(C2CCc3cc(C=O)ccc3O2)c(C(F)(F)F)c1)=C(\O)C1CC1)c1c(Cl)cccc1Cl. The molecule has 0 saturated heterocycles. The lowest BCUT2D eigenvalue weighted by Gasteiger charge is -2.28. The van der Waals surface area contributed by atoms with E-state index < -0.39 is 17.8 Å². The number of halogens is 5. The first-order valence-corrected chi connectivity index (χ1v) is 13.4. The standard InChI is InChI=1S/C30H24Cl2F3NO4/c31-23-2-1-3-24(32)27(23)28(36)21(29(38)17-5-6-17)15-39-19-8-9-20(22(13-19)30(33,34)35)26-11-7-18-12-16(14-37)4-10-25(18)40-26/h1-4,8-10,12-14,17,26,36,38H,5-7,11,15H2/b29-21-,36-28?. The third-order valence-electron chi connectivity index (χ3n) is 7.01. The number of aliphatic hydroxyl groups excluding tert-OH is 1.